The van der Waals surface area contributed by atoms with E-state index < -0.39 is 0 Å². The zero-order chi connectivity index (χ0) is 20.7. The summed E-state index contributed by atoms with van der Waals surface area (Å²) in [5.41, 5.74) is 0.949. The van der Waals surface area contributed by atoms with Crippen LogP contribution in [0.5, 0.6) is 11.5 Å². The van der Waals surface area contributed by atoms with Crippen molar-refractivity contribution >= 4 is 12.0 Å². The molecule has 1 saturated heterocycles. The lowest BCUT2D eigenvalue weighted by Gasteiger charge is -2.31. The molecule has 2 amide bonds. The maximum Gasteiger partial charge on any atom is 0.409 e. The van der Waals surface area contributed by atoms with Crippen LogP contribution in [0.4, 0.5) is 4.79 Å². The van der Waals surface area contributed by atoms with E-state index in [1.54, 1.807) is 18.9 Å². The first-order valence-electron chi connectivity index (χ1n) is 9.92. The Hall–Kier alpha value is -2.44. The molecule has 7 nitrogen and oxygen atoms in total. The third-order valence-corrected chi connectivity index (χ3v) is 4.80. The summed E-state index contributed by atoms with van der Waals surface area (Å²) in [7, 11) is 1.60. The standard InChI is InChI=1S/C21H32N2O5/c1-6-27-21(25)23-11-9-16(10-12-23)20(24)22-15(4)17-7-8-18(28-14(2)3)19(13-17)26-5/h7-8,13-16H,6,9-12H2,1-5H3,(H,22,24). The Balaban J connectivity index is 1.93. The Morgan fingerprint density at radius 3 is 2.43 bits per heavy atom. The van der Waals surface area contributed by atoms with Crippen LogP contribution in [0.15, 0.2) is 18.2 Å². The lowest BCUT2D eigenvalue weighted by atomic mass is 9.95. The zero-order valence-corrected chi connectivity index (χ0v) is 17.5. The van der Waals surface area contributed by atoms with Crippen molar-refractivity contribution < 1.29 is 23.8 Å². The van der Waals surface area contributed by atoms with Gasteiger partial charge in [0.1, 0.15) is 0 Å². The van der Waals surface area contributed by atoms with Gasteiger partial charge < -0.3 is 24.4 Å². The van der Waals surface area contributed by atoms with Gasteiger partial charge in [0.25, 0.3) is 0 Å². The largest absolute Gasteiger partial charge is 0.493 e. The number of carbonyl (C=O) groups is 2. The van der Waals surface area contributed by atoms with E-state index in [-0.39, 0.29) is 30.1 Å². The molecule has 0 saturated carbocycles. The Morgan fingerprint density at radius 2 is 1.86 bits per heavy atom. The lowest BCUT2D eigenvalue weighted by molar-refractivity contribution is -0.127. The first kappa shape index (κ1) is 21.9. The highest BCUT2D eigenvalue weighted by atomic mass is 16.6. The fourth-order valence-corrected chi connectivity index (χ4v) is 3.26. The number of nitrogens with one attached hydrogen (secondary N) is 1. The SMILES string of the molecule is CCOC(=O)N1CCC(C(=O)NC(C)c2ccc(OC(C)C)c(OC)c2)CC1. The lowest BCUT2D eigenvalue weighted by Crippen LogP contribution is -2.43. The van der Waals surface area contributed by atoms with E-state index in [2.05, 4.69) is 5.32 Å². The van der Waals surface area contributed by atoms with Crippen LogP contribution in [0.3, 0.4) is 0 Å². The highest BCUT2D eigenvalue weighted by molar-refractivity contribution is 5.79. The summed E-state index contributed by atoms with van der Waals surface area (Å²) in [6, 6.07) is 5.55. The first-order valence-corrected chi connectivity index (χ1v) is 9.92. The summed E-state index contributed by atoms with van der Waals surface area (Å²) in [6.07, 6.45) is 1.03. The summed E-state index contributed by atoms with van der Waals surface area (Å²) in [4.78, 5) is 26.1. The second-order valence-electron chi connectivity index (χ2n) is 7.27. The molecule has 1 aliphatic heterocycles. The van der Waals surface area contributed by atoms with Crippen molar-refractivity contribution in [1.82, 2.24) is 10.2 Å². The quantitative estimate of drug-likeness (QED) is 0.768. The molecule has 1 unspecified atom stereocenters. The van der Waals surface area contributed by atoms with E-state index in [9.17, 15) is 9.59 Å². The molecule has 1 fully saturated rings. The highest BCUT2D eigenvalue weighted by Gasteiger charge is 2.28. The third-order valence-electron chi connectivity index (χ3n) is 4.80. The van der Waals surface area contributed by atoms with Gasteiger partial charge in [0, 0.05) is 19.0 Å². The number of hydrogen-bond acceptors (Lipinski definition) is 5. The van der Waals surface area contributed by atoms with Crippen molar-refractivity contribution in [3.63, 3.8) is 0 Å². The van der Waals surface area contributed by atoms with Crippen molar-refractivity contribution in [3.05, 3.63) is 23.8 Å². The van der Waals surface area contributed by atoms with E-state index in [0.29, 0.717) is 44.0 Å². The third kappa shape index (κ3) is 5.78. The van der Waals surface area contributed by atoms with E-state index in [4.69, 9.17) is 14.2 Å². The molecule has 28 heavy (non-hydrogen) atoms. The van der Waals surface area contributed by atoms with Crippen LogP contribution >= 0.6 is 0 Å². The van der Waals surface area contributed by atoms with Crippen LogP contribution in [0, 0.1) is 5.92 Å². The second-order valence-corrected chi connectivity index (χ2v) is 7.27. The molecular formula is C21H32N2O5. The van der Waals surface area contributed by atoms with Gasteiger partial charge in [0.2, 0.25) is 5.91 Å². The number of amides is 2. The van der Waals surface area contributed by atoms with Gasteiger partial charge in [-0.05, 0) is 58.2 Å². The maximum absolute atomic E-state index is 12.6. The Labute approximate surface area is 167 Å². The summed E-state index contributed by atoms with van der Waals surface area (Å²) in [6.45, 7) is 9.11. The van der Waals surface area contributed by atoms with Gasteiger partial charge >= 0.3 is 6.09 Å². The molecule has 1 aliphatic rings. The number of methoxy groups -OCH3 is 1. The van der Waals surface area contributed by atoms with Crippen LogP contribution in [-0.2, 0) is 9.53 Å². The first-order chi connectivity index (χ1) is 13.3. The fourth-order valence-electron chi connectivity index (χ4n) is 3.26. The highest BCUT2D eigenvalue weighted by Crippen LogP contribution is 2.31. The minimum atomic E-state index is -0.300. The molecule has 1 atom stereocenters. The van der Waals surface area contributed by atoms with E-state index >= 15 is 0 Å². The molecule has 1 aromatic carbocycles. The Kier molecular flexibility index (Phi) is 7.96. The van der Waals surface area contributed by atoms with Gasteiger partial charge in [-0.3, -0.25) is 4.79 Å². The number of rotatable bonds is 7. The number of likely N-dealkylation sites (tertiary alicyclic amines) is 1. The molecule has 1 heterocycles. The Morgan fingerprint density at radius 1 is 1.18 bits per heavy atom. The van der Waals surface area contributed by atoms with Crippen molar-refractivity contribution in [2.24, 2.45) is 5.92 Å². The second kappa shape index (κ2) is 10.2. The van der Waals surface area contributed by atoms with Crippen molar-refractivity contribution in [3.8, 4) is 11.5 Å². The normalized spacial score (nSPS) is 15.9. The molecule has 0 spiro atoms. The summed E-state index contributed by atoms with van der Waals surface area (Å²) >= 11 is 0. The minimum Gasteiger partial charge on any atom is -0.493 e. The summed E-state index contributed by atoms with van der Waals surface area (Å²) in [5, 5.41) is 3.08. The number of ether oxygens (including phenoxy) is 3. The van der Waals surface area contributed by atoms with E-state index in [1.807, 2.05) is 39.0 Å². The number of piperidine rings is 1. The van der Waals surface area contributed by atoms with Gasteiger partial charge in [-0.15, -0.1) is 0 Å². The smallest absolute Gasteiger partial charge is 0.409 e. The minimum absolute atomic E-state index is 0.0116. The summed E-state index contributed by atoms with van der Waals surface area (Å²) in [5.74, 6) is 1.25. The molecule has 156 valence electrons. The van der Waals surface area contributed by atoms with Gasteiger partial charge in [0.15, 0.2) is 11.5 Å². The number of hydrogen-bond donors (Lipinski definition) is 1. The van der Waals surface area contributed by atoms with Crippen LogP contribution in [0.25, 0.3) is 0 Å². The van der Waals surface area contributed by atoms with Crippen LogP contribution < -0.4 is 14.8 Å². The summed E-state index contributed by atoms with van der Waals surface area (Å²) < 4.78 is 16.2. The van der Waals surface area contributed by atoms with Crippen molar-refractivity contribution in [2.45, 2.75) is 52.7 Å². The van der Waals surface area contributed by atoms with Gasteiger partial charge in [0.05, 0.1) is 25.9 Å². The van der Waals surface area contributed by atoms with Crippen molar-refractivity contribution in [1.29, 1.82) is 0 Å². The van der Waals surface area contributed by atoms with E-state index in [0.717, 1.165) is 5.56 Å². The molecule has 1 aromatic rings. The monoisotopic (exact) mass is 392 g/mol. The van der Waals surface area contributed by atoms with Gasteiger partial charge in [-0.2, -0.15) is 0 Å². The number of benzene rings is 1. The molecule has 0 aromatic heterocycles. The molecule has 0 aliphatic carbocycles. The van der Waals surface area contributed by atoms with Crippen molar-refractivity contribution in [2.75, 3.05) is 26.8 Å². The number of nitrogens with zero attached hydrogens (tertiary/aromatic N) is 1. The molecule has 0 bridgehead atoms. The van der Waals surface area contributed by atoms with Crippen LogP contribution in [-0.4, -0.2) is 49.8 Å². The average molecular weight is 392 g/mol. The molecule has 1 N–H and O–H groups in total. The topological polar surface area (TPSA) is 77.1 Å². The van der Waals surface area contributed by atoms with Crippen LogP contribution in [0.2, 0.25) is 0 Å². The van der Waals surface area contributed by atoms with Crippen LogP contribution in [0.1, 0.15) is 52.1 Å². The predicted molar refractivity (Wildman–Crippen MR) is 107 cm³/mol. The molecule has 2 rings (SSSR count). The van der Waals surface area contributed by atoms with E-state index in [1.165, 1.54) is 0 Å². The molecule has 7 heteroatoms. The number of carbonyl (C=O) groups excluding carboxylic acids is 2. The predicted octanol–water partition coefficient (Wildman–Crippen LogP) is 3.53. The van der Waals surface area contributed by atoms with Gasteiger partial charge in [-0.25, -0.2) is 4.79 Å². The maximum atomic E-state index is 12.6. The fraction of sp³-hybridized carbons (Fsp3) is 0.619. The average Bonchev–Trinajstić information content (AvgIpc) is 2.68. The van der Waals surface area contributed by atoms with Gasteiger partial charge in [-0.1, -0.05) is 6.07 Å². The molecular weight excluding hydrogens is 360 g/mol. The Bertz CT molecular complexity index is 669. The molecule has 0 radical (unpaired) electrons. The zero-order valence-electron chi connectivity index (χ0n) is 17.5.